The molecule has 0 N–H and O–H groups in total. The van der Waals surface area contributed by atoms with Crippen LogP contribution in [0.25, 0.3) is 0 Å². The molecule has 4 fully saturated rings. The second-order valence-electron chi connectivity index (χ2n) is 9.42. The summed E-state index contributed by atoms with van der Waals surface area (Å²) in [5, 5.41) is 0. The zero-order valence-corrected chi connectivity index (χ0v) is 17.7. The molecule has 2 heteroatoms. The smallest absolute Gasteiger partial charge is 0.0446 e. The highest BCUT2D eigenvalue weighted by atomic mass is 15.2. The molecule has 4 heterocycles. The van der Waals surface area contributed by atoms with Crippen LogP contribution in [0.2, 0.25) is 0 Å². The highest BCUT2D eigenvalue weighted by molar-refractivity contribution is 5.56. The van der Waals surface area contributed by atoms with Crippen molar-refractivity contribution >= 4 is 5.69 Å². The van der Waals surface area contributed by atoms with Crippen LogP contribution in [0.1, 0.15) is 49.3 Å². The number of benzene rings is 2. The second kappa shape index (κ2) is 7.88. The van der Waals surface area contributed by atoms with E-state index in [1.165, 1.54) is 74.2 Å². The summed E-state index contributed by atoms with van der Waals surface area (Å²) in [7, 11) is 0. The average molecular weight is 385 g/mol. The Labute approximate surface area is 175 Å². The lowest BCUT2D eigenvalue weighted by Crippen LogP contribution is -2.52. The highest BCUT2D eigenvalue weighted by Gasteiger charge is 2.42. The van der Waals surface area contributed by atoms with E-state index in [-0.39, 0.29) is 5.41 Å². The van der Waals surface area contributed by atoms with Crippen LogP contribution in [0, 0.1) is 23.2 Å². The lowest BCUT2D eigenvalue weighted by Gasteiger charge is -2.49. The van der Waals surface area contributed by atoms with Gasteiger partial charge in [0, 0.05) is 36.3 Å². The maximum absolute atomic E-state index is 3.76. The average Bonchev–Trinajstić information content (AvgIpc) is 3.29. The predicted octanol–water partition coefficient (Wildman–Crippen LogP) is 4.96. The quantitative estimate of drug-likeness (QED) is 0.690. The third-order valence-corrected chi connectivity index (χ3v) is 7.32. The number of rotatable bonds is 3. The Morgan fingerprint density at radius 3 is 2.41 bits per heavy atom. The molecule has 150 valence electrons. The Morgan fingerprint density at radius 1 is 0.966 bits per heavy atom. The van der Waals surface area contributed by atoms with Crippen molar-refractivity contribution in [2.75, 3.05) is 37.6 Å². The fourth-order valence-corrected chi connectivity index (χ4v) is 5.51. The fourth-order valence-electron chi connectivity index (χ4n) is 5.51. The van der Waals surface area contributed by atoms with Crippen LogP contribution in [-0.4, -0.2) is 37.6 Å². The molecule has 0 spiro atoms. The summed E-state index contributed by atoms with van der Waals surface area (Å²) in [5.74, 6) is 8.17. The first-order valence-corrected chi connectivity index (χ1v) is 11.4. The van der Waals surface area contributed by atoms with E-state index >= 15 is 0 Å². The summed E-state index contributed by atoms with van der Waals surface area (Å²) >= 11 is 0. The summed E-state index contributed by atoms with van der Waals surface area (Å²) in [6.07, 6.45) is 6.21. The van der Waals surface area contributed by atoms with Crippen molar-refractivity contribution in [3.05, 3.63) is 65.2 Å². The first kappa shape index (κ1) is 18.8. The Balaban J connectivity index is 1.47. The molecule has 2 bridgehead atoms. The van der Waals surface area contributed by atoms with E-state index in [4.69, 9.17) is 0 Å². The molecular weight excluding hydrogens is 352 g/mol. The second-order valence-corrected chi connectivity index (χ2v) is 9.42. The maximum atomic E-state index is 3.76. The van der Waals surface area contributed by atoms with Crippen molar-refractivity contribution in [2.45, 2.75) is 39.0 Å². The van der Waals surface area contributed by atoms with Gasteiger partial charge < -0.3 is 9.80 Å². The van der Waals surface area contributed by atoms with Crippen LogP contribution in [0.5, 0.6) is 0 Å². The van der Waals surface area contributed by atoms with Gasteiger partial charge in [-0.3, -0.25) is 0 Å². The van der Waals surface area contributed by atoms with E-state index in [2.05, 4.69) is 77.1 Å². The standard InChI is InChI=1S/C27H32N2/c1-27(21-28-17-12-25(27)13-18-28)14-11-23-9-10-26(29-15-5-6-16-29)20-24(23)19-22-7-3-2-4-8-22/h2-4,7-10,20,25H,5-6,12-13,15-19,21H2,1H3. The molecule has 1 atom stereocenters. The molecular formula is C27H32N2. The predicted molar refractivity (Wildman–Crippen MR) is 121 cm³/mol. The molecule has 0 aromatic heterocycles. The summed E-state index contributed by atoms with van der Waals surface area (Å²) in [4.78, 5) is 5.14. The summed E-state index contributed by atoms with van der Waals surface area (Å²) < 4.78 is 0. The SMILES string of the molecule is CC1(C#Cc2ccc(N3CCCC3)cc2Cc2ccccc2)CN2CCC1CC2. The van der Waals surface area contributed by atoms with E-state index in [0.29, 0.717) is 0 Å². The van der Waals surface area contributed by atoms with Crippen LogP contribution < -0.4 is 4.90 Å². The van der Waals surface area contributed by atoms with Crippen molar-refractivity contribution in [3.8, 4) is 11.8 Å². The lowest BCUT2D eigenvalue weighted by molar-refractivity contribution is 0.0204. The number of fused-ring (bicyclic) bond motifs is 3. The number of piperidine rings is 3. The van der Waals surface area contributed by atoms with Crippen molar-refractivity contribution in [3.63, 3.8) is 0 Å². The van der Waals surface area contributed by atoms with Gasteiger partial charge in [0.15, 0.2) is 0 Å². The van der Waals surface area contributed by atoms with Gasteiger partial charge in [0.2, 0.25) is 0 Å². The van der Waals surface area contributed by atoms with Gasteiger partial charge in [-0.25, -0.2) is 0 Å². The normalized spacial score (nSPS) is 28.2. The van der Waals surface area contributed by atoms with Crippen LogP contribution in [0.15, 0.2) is 48.5 Å². The molecule has 4 saturated heterocycles. The topological polar surface area (TPSA) is 6.48 Å². The van der Waals surface area contributed by atoms with Crippen LogP contribution in [0.4, 0.5) is 5.69 Å². The molecule has 4 aliphatic rings. The molecule has 0 radical (unpaired) electrons. The van der Waals surface area contributed by atoms with Crippen LogP contribution >= 0.6 is 0 Å². The molecule has 0 aliphatic carbocycles. The van der Waals surface area contributed by atoms with Gasteiger partial charge in [-0.05, 0) is 87.4 Å². The molecule has 29 heavy (non-hydrogen) atoms. The first-order chi connectivity index (χ1) is 14.2. The van der Waals surface area contributed by atoms with Gasteiger partial charge in [-0.1, -0.05) is 42.2 Å². The van der Waals surface area contributed by atoms with Gasteiger partial charge in [-0.15, -0.1) is 0 Å². The summed E-state index contributed by atoms with van der Waals surface area (Å²) in [5.41, 5.74) is 5.47. The third-order valence-electron chi connectivity index (χ3n) is 7.32. The van der Waals surface area contributed by atoms with Crippen LogP contribution in [-0.2, 0) is 6.42 Å². The molecule has 4 aliphatic heterocycles. The van der Waals surface area contributed by atoms with Gasteiger partial charge in [0.25, 0.3) is 0 Å². The molecule has 2 nitrogen and oxygen atoms in total. The fraction of sp³-hybridized carbons (Fsp3) is 0.481. The molecule has 2 aromatic rings. The van der Waals surface area contributed by atoms with E-state index in [1.807, 2.05) is 0 Å². The van der Waals surface area contributed by atoms with Crippen molar-refractivity contribution in [1.82, 2.24) is 4.90 Å². The highest BCUT2D eigenvalue weighted by Crippen LogP contribution is 2.41. The minimum absolute atomic E-state index is 0.147. The number of hydrogen-bond donors (Lipinski definition) is 0. The van der Waals surface area contributed by atoms with E-state index < -0.39 is 0 Å². The third kappa shape index (κ3) is 3.94. The van der Waals surface area contributed by atoms with E-state index in [1.54, 1.807) is 0 Å². The van der Waals surface area contributed by atoms with Crippen LogP contribution in [0.3, 0.4) is 0 Å². The minimum Gasteiger partial charge on any atom is -0.372 e. The molecule has 0 amide bonds. The largest absolute Gasteiger partial charge is 0.372 e. The Bertz CT molecular complexity index is 909. The van der Waals surface area contributed by atoms with Crippen molar-refractivity contribution < 1.29 is 0 Å². The van der Waals surface area contributed by atoms with E-state index in [9.17, 15) is 0 Å². The zero-order valence-electron chi connectivity index (χ0n) is 17.7. The minimum atomic E-state index is 0.147. The Hall–Kier alpha value is -2.24. The van der Waals surface area contributed by atoms with Gasteiger partial charge in [0.05, 0.1) is 0 Å². The van der Waals surface area contributed by atoms with Gasteiger partial charge in [-0.2, -0.15) is 0 Å². The molecule has 2 aromatic carbocycles. The monoisotopic (exact) mass is 384 g/mol. The molecule has 1 unspecified atom stereocenters. The first-order valence-electron chi connectivity index (χ1n) is 11.4. The summed E-state index contributed by atoms with van der Waals surface area (Å²) in [6.45, 7) is 8.45. The molecule has 6 rings (SSSR count). The van der Waals surface area contributed by atoms with E-state index in [0.717, 1.165) is 18.9 Å². The van der Waals surface area contributed by atoms with Crippen molar-refractivity contribution in [1.29, 1.82) is 0 Å². The number of nitrogens with zero attached hydrogens (tertiary/aromatic N) is 2. The Morgan fingerprint density at radius 2 is 1.72 bits per heavy atom. The number of anilines is 1. The summed E-state index contributed by atoms with van der Waals surface area (Å²) in [6, 6.07) is 17.8. The molecule has 0 saturated carbocycles. The number of hydrogen-bond acceptors (Lipinski definition) is 2. The zero-order chi connectivity index (χ0) is 19.7. The van der Waals surface area contributed by atoms with Gasteiger partial charge >= 0.3 is 0 Å². The van der Waals surface area contributed by atoms with Crippen molar-refractivity contribution in [2.24, 2.45) is 11.3 Å². The maximum Gasteiger partial charge on any atom is 0.0446 e. The van der Waals surface area contributed by atoms with Gasteiger partial charge in [0.1, 0.15) is 0 Å². The Kier molecular flexibility index (Phi) is 5.10. The lowest BCUT2D eigenvalue weighted by atomic mass is 9.68.